The molecule has 0 saturated heterocycles. The molecule has 5 nitrogen and oxygen atoms in total. The molecule has 1 aromatic rings. The highest BCUT2D eigenvalue weighted by Gasteiger charge is 2.46. The zero-order chi connectivity index (χ0) is 15.0. The van der Waals surface area contributed by atoms with E-state index in [4.69, 9.17) is 5.73 Å². The summed E-state index contributed by atoms with van der Waals surface area (Å²) in [6, 6.07) is 6.15. The van der Waals surface area contributed by atoms with Crippen molar-refractivity contribution in [1.29, 1.82) is 0 Å². The maximum atomic E-state index is 12.7. The predicted octanol–water partition coefficient (Wildman–Crippen LogP) is 1.74. The molecule has 21 heavy (non-hydrogen) atoms. The minimum atomic E-state index is -3.73. The largest absolute Gasteiger partial charge is 0.330 e. The highest BCUT2D eigenvalue weighted by molar-refractivity contribution is 7.90. The molecule has 0 bridgehead atoms. The van der Waals surface area contributed by atoms with Crippen molar-refractivity contribution in [1.82, 2.24) is 4.31 Å². The van der Waals surface area contributed by atoms with Crippen LogP contribution in [0.15, 0.2) is 29.2 Å². The Bertz CT molecular complexity index is 657. The lowest BCUT2D eigenvalue weighted by atomic mass is 9.94. The maximum Gasteiger partial charge on any atom is 0.269 e. The van der Waals surface area contributed by atoms with E-state index < -0.39 is 15.9 Å². The monoisotopic (exact) mass is 308 g/mol. The van der Waals surface area contributed by atoms with E-state index in [-0.39, 0.29) is 22.4 Å². The summed E-state index contributed by atoms with van der Waals surface area (Å²) in [7, 11) is -3.73. The number of carbonyl (C=O) groups excluding carboxylic acids is 1. The van der Waals surface area contributed by atoms with E-state index in [2.05, 4.69) is 0 Å². The fourth-order valence-corrected chi connectivity index (χ4v) is 5.33. The Morgan fingerprint density at radius 2 is 1.86 bits per heavy atom. The van der Waals surface area contributed by atoms with Crippen molar-refractivity contribution in [3.05, 3.63) is 29.8 Å². The minimum absolute atomic E-state index is 0.0561. The van der Waals surface area contributed by atoms with Gasteiger partial charge in [-0.05, 0) is 37.4 Å². The SMILES string of the molecule is NCC1CCCCCC1N1C(=O)c2ccccc2S1(=O)=O. The molecule has 1 saturated carbocycles. The van der Waals surface area contributed by atoms with Gasteiger partial charge < -0.3 is 5.73 Å². The van der Waals surface area contributed by atoms with E-state index in [0.717, 1.165) is 30.0 Å². The van der Waals surface area contributed by atoms with Crippen molar-refractivity contribution < 1.29 is 13.2 Å². The smallest absolute Gasteiger partial charge is 0.269 e. The third-order valence-electron chi connectivity index (χ3n) is 4.58. The van der Waals surface area contributed by atoms with Gasteiger partial charge in [0.05, 0.1) is 11.6 Å². The van der Waals surface area contributed by atoms with E-state index in [1.54, 1.807) is 18.2 Å². The molecule has 3 rings (SSSR count). The number of nitrogens with zero attached hydrogens (tertiary/aromatic N) is 1. The Labute approximate surface area is 125 Å². The predicted molar refractivity (Wildman–Crippen MR) is 79.2 cm³/mol. The molecule has 2 atom stereocenters. The average Bonchev–Trinajstić information content (AvgIpc) is 2.65. The second-order valence-electron chi connectivity index (χ2n) is 5.80. The molecule has 0 spiro atoms. The van der Waals surface area contributed by atoms with Gasteiger partial charge in [0.1, 0.15) is 4.90 Å². The molecule has 2 N–H and O–H groups in total. The van der Waals surface area contributed by atoms with Crippen LogP contribution in [0.4, 0.5) is 0 Å². The topological polar surface area (TPSA) is 80.5 Å². The Hall–Kier alpha value is -1.40. The van der Waals surface area contributed by atoms with Gasteiger partial charge >= 0.3 is 0 Å². The van der Waals surface area contributed by atoms with Crippen LogP contribution in [0.25, 0.3) is 0 Å². The van der Waals surface area contributed by atoms with E-state index in [1.165, 1.54) is 6.07 Å². The zero-order valence-corrected chi connectivity index (χ0v) is 12.7. The van der Waals surface area contributed by atoms with Crippen molar-refractivity contribution in [3.8, 4) is 0 Å². The lowest BCUT2D eigenvalue weighted by Crippen LogP contribution is -2.46. The lowest BCUT2D eigenvalue weighted by molar-refractivity contribution is 0.0792. The summed E-state index contributed by atoms with van der Waals surface area (Å²) in [5, 5.41) is 0. The summed E-state index contributed by atoms with van der Waals surface area (Å²) in [6.07, 6.45) is 4.66. The van der Waals surface area contributed by atoms with E-state index in [0.29, 0.717) is 13.0 Å². The maximum absolute atomic E-state index is 12.7. The summed E-state index contributed by atoms with van der Waals surface area (Å²) in [5.41, 5.74) is 6.13. The van der Waals surface area contributed by atoms with Crippen LogP contribution >= 0.6 is 0 Å². The Balaban J connectivity index is 2.05. The van der Waals surface area contributed by atoms with Gasteiger partial charge in [-0.1, -0.05) is 31.4 Å². The van der Waals surface area contributed by atoms with Gasteiger partial charge in [0.25, 0.3) is 15.9 Å². The van der Waals surface area contributed by atoms with E-state index in [9.17, 15) is 13.2 Å². The van der Waals surface area contributed by atoms with Crippen molar-refractivity contribution in [2.24, 2.45) is 11.7 Å². The normalized spacial score (nSPS) is 28.2. The number of nitrogens with two attached hydrogens (primary N) is 1. The van der Waals surface area contributed by atoms with Crippen LogP contribution < -0.4 is 5.73 Å². The first-order valence-corrected chi connectivity index (χ1v) is 8.89. The third kappa shape index (κ3) is 2.26. The van der Waals surface area contributed by atoms with Crippen molar-refractivity contribution in [2.45, 2.75) is 43.0 Å². The second kappa shape index (κ2) is 5.42. The van der Waals surface area contributed by atoms with Gasteiger partial charge in [0, 0.05) is 0 Å². The van der Waals surface area contributed by atoms with Crippen molar-refractivity contribution >= 4 is 15.9 Å². The minimum Gasteiger partial charge on any atom is -0.330 e. The van der Waals surface area contributed by atoms with Crippen LogP contribution in [0.5, 0.6) is 0 Å². The van der Waals surface area contributed by atoms with Crippen LogP contribution in [-0.2, 0) is 10.0 Å². The number of carbonyl (C=O) groups is 1. The fraction of sp³-hybridized carbons (Fsp3) is 0.533. The highest BCUT2D eigenvalue weighted by atomic mass is 32.2. The van der Waals surface area contributed by atoms with Crippen LogP contribution in [0.2, 0.25) is 0 Å². The van der Waals surface area contributed by atoms with Gasteiger partial charge in [-0.25, -0.2) is 12.7 Å². The molecule has 1 fully saturated rings. The number of rotatable bonds is 2. The van der Waals surface area contributed by atoms with Gasteiger partial charge in [-0.15, -0.1) is 0 Å². The molecule has 0 radical (unpaired) electrons. The molecular formula is C15H20N2O3S. The molecular weight excluding hydrogens is 288 g/mol. The quantitative estimate of drug-likeness (QED) is 0.844. The summed E-state index contributed by atoms with van der Waals surface area (Å²) in [6.45, 7) is 0.417. The molecule has 0 aromatic heterocycles. The fourth-order valence-electron chi connectivity index (χ4n) is 3.48. The number of fused-ring (bicyclic) bond motifs is 1. The Kier molecular flexibility index (Phi) is 3.75. The molecule has 1 aliphatic carbocycles. The van der Waals surface area contributed by atoms with Gasteiger partial charge in [-0.2, -0.15) is 0 Å². The molecule has 6 heteroatoms. The van der Waals surface area contributed by atoms with E-state index in [1.807, 2.05) is 0 Å². The molecule has 2 aliphatic rings. The first kappa shape index (κ1) is 14.5. The van der Waals surface area contributed by atoms with Crippen molar-refractivity contribution in [2.75, 3.05) is 6.54 Å². The van der Waals surface area contributed by atoms with Crippen LogP contribution in [-0.4, -0.2) is 31.2 Å². The number of hydrogen-bond acceptors (Lipinski definition) is 4. The van der Waals surface area contributed by atoms with Crippen LogP contribution in [0.3, 0.4) is 0 Å². The van der Waals surface area contributed by atoms with Crippen molar-refractivity contribution in [3.63, 3.8) is 0 Å². The average molecular weight is 308 g/mol. The number of amides is 1. The lowest BCUT2D eigenvalue weighted by Gasteiger charge is -2.31. The summed E-state index contributed by atoms with van der Waals surface area (Å²) >= 11 is 0. The van der Waals surface area contributed by atoms with Gasteiger partial charge in [-0.3, -0.25) is 4.79 Å². The first-order chi connectivity index (χ1) is 10.1. The van der Waals surface area contributed by atoms with Crippen LogP contribution in [0, 0.1) is 5.92 Å². The van der Waals surface area contributed by atoms with Gasteiger partial charge in [0.2, 0.25) is 0 Å². The Morgan fingerprint density at radius 1 is 1.14 bits per heavy atom. The molecule has 1 amide bonds. The Morgan fingerprint density at radius 3 is 2.57 bits per heavy atom. The molecule has 1 aromatic carbocycles. The third-order valence-corrected chi connectivity index (χ3v) is 6.44. The summed E-state index contributed by atoms with van der Waals surface area (Å²) < 4.78 is 26.6. The molecule has 114 valence electrons. The van der Waals surface area contributed by atoms with Crippen LogP contribution in [0.1, 0.15) is 42.5 Å². The number of hydrogen-bond donors (Lipinski definition) is 1. The zero-order valence-electron chi connectivity index (χ0n) is 11.9. The first-order valence-electron chi connectivity index (χ1n) is 7.45. The molecule has 2 unspecified atom stereocenters. The summed E-state index contributed by atoms with van der Waals surface area (Å²) in [5.74, 6) is -0.337. The highest BCUT2D eigenvalue weighted by Crippen LogP contribution is 2.37. The standard InChI is InChI=1S/C15H20N2O3S/c16-10-11-6-2-1-3-8-13(11)17-15(18)12-7-4-5-9-14(12)21(17,19)20/h4-5,7,9,11,13H,1-3,6,8,10,16H2. The summed E-state index contributed by atoms with van der Waals surface area (Å²) in [4.78, 5) is 12.7. The van der Waals surface area contributed by atoms with E-state index >= 15 is 0 Å². The van der Waals surface area contributed by atoms with Gasteiger partial charge in [0.15, 0.2) is 0 Å². The molecule has 1 heterocycles. The molecule has 1 aliphatic heterocycles. The number of benzene rings is 1. The number of sulfonamides is 1. The second-order valence-corrected chi connectivity index (χ2v) is 7.59.